The van der Waals surface area contributed by atoms with Crippen molar-refractivity contribution in [1.82, 2.24) is 0 Å². The van der Waals surface area contributed by atoms with Gasteiger partial charge in [0.1, 0.15) is 12.4 Å². The molecule has 0 aliphatic rings. The molecule has 2 amide bonds. The molecule has 98 valence electrons. The quantitative estimate of drug-likeness (QED) is 0.705. The Morgan fingerprint density at radius 2 is 1.94 bits per heavy atom. The van der Waals surface area contributed by atoms with Crippen LogP contribution in [0.15, 0.2) is 18.2 Å². The van der Waals surface area contributed by atoms with Gasteiger partial charge in [-0.3, -0.25) is 9.59 Å². The predicted molar refractivity (Wildman–Crippen MR) is 64.6 cm³/mol. The smallest absolute Gasteiger partial charge is 0.250 e. The summed E-state index contributed by atoms with van der Waals surface area (Å²) in [6.45, 7) is -0.371. The van der Waals surface area contributed by atoms with Gasteiger partial charge in [0.15, 0.2) is 0 Å². The van der Waals surface area contributed by atoms with Crippen LogP contribution < -0.4 is 16.4 Å². The van der Waals surface area contributed by atoms with E-state index in [1.54, 1.807) is 0 Å². The molecule has 0 atom stereocenters. The van der Waals surface area contributed by atoms with Crippen molar-refractivity contribution in [3.05, 3.63) is 24.0 Å². The zero-order valence-electron chi connectivity index (χ0n) is 9.83. The predicted octanol–water partition coefficient (Wildman–Crippen LogP) is 0.308. The highest BCUT2D eigenvalue weighted by molar-refractivity contribution is 6.00. The monoisotopic (exact) mass is 255 g/mol. The summed E-state index contributed by atoms with van der Waals surface area (Å²) < 4.78 is 17.7. The molecule has 0 radical (unpaired) electrons. The van der Waals surface area contributed by atoms with Gasteiger partial charge in [0.05, 0.1) is 17.9 Å². The molecule has 0 heterocycles. The Morgan fingerprint density at radius 3 is 2.56 bits per heavy atom. The van der Waals surface area contributed by atoms with Crippen molar-refractivity contribution in [3.63, 3.8) is 0 Å². The van der Waals surface area contributed by atoms with E-state index in [0.717, 1.165) is 6.07 Å². The van der Waals surface area contributed by atoms with Crippen molar-refractivity contribution in [2.75, 3.05) is 30.9 Å². The summed E-state index contributed by atoms with van der Waals surface area (Å²) in [5, 5.41) is 4.87. The summed E-state index contributed by atoms with van der Waals surface area (Å²) in [5.41, 5.74) is 5.57. The van der Waals surface area contributed by atoms with Crippen molar-refractivity contribution >= 4 is 23.2 Å². The van der Waals surface area contributed by atoms with Crippen LogP contribution in [0.3, 0.4) is 0 Å². The maximum Gasteiger partial charge on any atom is 0.250 e. The van der Waals surface area contributed by atoms with Crippen molar-refractivity contribution in [1.29, 1.82) is 0 Å². The lowest BCUT2D eigenvalue weighted by Gasteiger charge is -2.11. The Labute approximate surface area is 103 Å². The fourth-order valence-electron chi connectivity index (χ4n) is 1.25. The molecule has 18 heavy (non-hydrogen) atoms. The third-order valence-corrected chi connectivity index (χ3v) is 1.99. The van der Waals surface area contributed by atoms with Crippen LogP contribution in [-0.2, 0) is 14.3 Å². The fraction of sp³-hybridized carbons (Fsp3) is 0.273. The van der Waals surface area contributed by atoms with Gasteiger partial charge in [0.2, 0.25) is 11.8 Å². The normalized spacial score (nSPS) is 9.94. The van der Waals surface area contributed by atoms with Crippen LogP contribution in [0.25, 0.3) is 0 Å². The Balaban J connectivity index is 2.89. The molecule has 6 nitrogen and oxygen atoms in total. The van der Waals surface area contributed by atoms with E-state index in [-0.39, 0.29) is 24.5 Å². The second-order valence-corrected chi connectivity index (χ2v) is 3.42. The minimum atomic E-state index is -0.535. The van der Waals surface area contributed by atoms with Crippen LogP contribution in [0.4, 0.5) is 15.8 Å². The van der Waals surface area contributed by atoms with Crippen LogP contribution >= 0.6 is 0 Å². The summed E-state index contributed by atoms with van der Waals surface area (Å²) in [6, 6.07) is 3.60. The van der Waals surface area contributed by atoms with E-state index in [1.807, 2.05) is 0 Å². The maximum atomic E-state index is 13.1. The topological polar surface area (TPSA) is 93.5 Å². The number of ether oxygens (including phenoxy) is 1. The second-order valence-electron chi connectivity index (χ2n) is 3.42. The minimum Gasteiger partial charge on any atom is -0.375 e. The summed E-state index contributed by atoms with van der Waals surface area (Å²) in [5.74, 6) is -1.43. The molecule has 1 aromatic rings. The highest BCUT2D eigenvalue weighted by atomic mass is 19.1. The minimum absolute atomic E-state index is 0.137. The van der Waals surface area contributed by atoms with Crippen molar-refractivity contribution in [3.8, 4) is 0 Å². The average molecular weight is 255 g/mol. The molecule has 4 N–H and O–H groups in total. The van der Waals surface area contributed by atoms with E-state index >= 15 is 0 Å². The average Bonchev–Trinajstić information content (AvgIpc) is 2.33. The van der Waals surface area contributed by atoms with E-state index in [1.165, 1.54) is 19.2 Å². The first-order valence-corrected chi connectivity index (χ1v) is 5.15. The van der Waals surface area contributed by atoms with E-state index in [9.17, 15) is 14.0 Å². The molecule has 0 fully saturated rings. The molecule has 0 aliphatic heterocycles. The van der Waals surface area contributed by atoms with Gasteiger partial charge in [0.25, 0.3) is 0 Å². The van der Waals surface area contributed by atoms with Crippen molar-refractivity contribution < 1.29 is 18.7 Å². The third-order valence-electron chi connectivity index (χ3n) is 1.99. The van der Waals surface area contributed by atoms with Crippen LogP contribution in [0.2, 0.25) is 0 Å². The molecule has 0 saturated carbocycles. The summed E-state index contributed by atoms with van der Waals surface area (Å²) in [4.78, 5) is 22.5. The largest absolute Gasteiger partial charge is 0.375 e. The highest BCUT2D eigenvalue weighted by Gasteiger charge is 2.10. The van der Waals surface area contributed by atoms with E-state index < -0.39 is 17.6 Å². The number of halogens is 1. The summed E-state index contributed by atoms with van der Waals surface area (Å²) >= 11 is 0. The van der Waals surface area contributed by atoms with Gasteiger partial charge in [-0.05, 0) is 18.2 Å². The van der Waals surface area contributed by atoms with Gasteiger partial charge >= 0.3 is 0 Å². The number of nitrogens with one attached hydrogen (secondary N) is 2. The molecular weight excluding hydrogens is 241 g/mol. The number of hydrogen-bond acceptors (Lipinski definition) is 4. The lowest BCUT2D eigenvalue weighted by molar-refractivity contribution is -0.119. The second kappa shape index (κ2) is 6.67. The molecule has 0 spiro atoms. The molecule has 0 bridgehead atoms. The summed E-state index contributed by atoms with van der Waals surface area (Å²) in [7, 11) is 1.38. The number of nitrogens with two attached hydrogens (primary N) is 1. The first-order valence-electron chi connectivity index (χ1n) is 5.15. The summed E-state index contributed by atoms with van der Waals surface area (Å²) in [6.07, 6.45) is 0. The van der Waals surface area contributed by atoms with Crippen LogP contribution in [0.1, 0.15) is 0 Å². The Hall–Kier alpha value is -1.99. The Bertz CT molecular complexity index is 451. The van der Waals surface area contributed by atoms with Crippen LogP contribution in [-0.4, -0.2) is 32.1 Å². The number of anilines is 2. The van der Waals surface area contributed by atoms with Gasteiger partial charge < -0.3 is 21.1 Å². The zero-order chi connectivity index (χ0) is 13.5. The van der Waals surface area contributed by atoms with Crippen molar-refractivity contribution in [2.24, 2.45) is 5.73 Å². The highest BCUT2D eigenvalue weighted by Crippen LogP contribution is 2.22. The van der Waals surface area contributed by atoms with Gasteiger partial charge in [-0.1, -0.05) is 0 Å². The molecular formula is C11H14FN3O3. The van der Waals surface area contributed by atoms with E-state index in [2.05, 4.69) is 15.4 Å². The van der Waals surface area contributed by atoms with E-state index in [0.29, 0.717) is 0 Å². The third kappa shape index (κ3) is 4.11. The van der Waals surface area contributed by atoms with E-state index in [4.69, 9.17) is 5.73 Å². The van der Waals surface area contributed by atoms with Crippen LogP contribution in [0, 0.1) is 5.82 Å². The molecule has 1 rings (SSSR count). The standard InChI is InChI=1S/C11H14FN3O3/c1-18-6-11(17)14-8-3-2-7(12)4-9(8)15-10(16)5-13/h2-4H,5-6,13H2,1H3,(H,14,17)(H,15,16). The zero-order valence-corrected chi connectivity index (χ0v) is 9.83. The van der Waals surface area contributed by atoms with Gasteiger partial charge in [0, 0.05) is 7.11 Å². The number of rotatable bonds is 5. The number of carbonyl (C=O) groups is 2. The molecule has 0 aromatic heterocycles. The number of benzene rings is 1. The lowest BCUT2D eigenvalue weighted by Crippen LogP contribution is -2.24. The molecule has 1 aromatic carbocycles. The fourth-order valence-corrected chi connectivity index (χ4v) is 1.25. The van der Waals surface area contributed by atoms with Gasteiger partial charge in [-0.2, -0.15) is 0 Å². The Kier molecular flexibility index (Phi) is 5.22. The molecule has 0 unspecified atom stereocenters. The lowest BCUT2D eigenvalue weighted by atomic mass is 10.2. The first-order chi connectivity index (χ1) is 8.56. The van der Waals surface area contributed by atoms with Crippen LogP contribution in [0.5, 0.6) is 0 Å². The number of carbonyl (C=O) groups excluding carboxylic acids is 2. The number of hydrogen-bond donors (Lipinski definition) is 3. The number of methoxy groups -OCH3 is 1. The van der Waals surface area contributed by atoms with Crippen molar-refractivity contribution in [2.45, 2.75) is 0 Å². The maximum absolute atomic E-state index is 13.1. The number of amides is 2. The Morgan fingerprint density at radius 1 is 1.28 bits per heavy atom. The SMILES string of the molecule is COCC(=O)Nc1ccc(F)cc1NC(=O)CN. The first kappa shape index (κ1) is 14.1. The molecule has 7 heteroatoms. The molecule has 0 aliphatic carbocycles. The molecule has 0 saturated heterocycles. The van der Waals surface area contributed by atoms with Gasteiger partial charge in [-0.15, -0.1) is 0 Å². The van der Waals surface area contributed by atoms with Gasteiger partial charge in [-0.25, -0.2) is 4.39 Å².